The molecule has 0 saturated heterocycles. The molecule has 0 spiro atoms. The van der Waals surface area contributed by atoms with E-state index in [1.54, 1.807) is 30.3 Å². The van der Waals surface area contributed by atoms with E-state index in [1.807, 2.05) is 0 Å². The Hall–Kier alpha value is -3.46. The predicted molar refractivity (Wildman–Crippen MR) is 93.6 cm³/mol. The van der Waals surface area contributed by atoms with Crippen LogP contribution in [0.15, 0.2) is 54.6 Å². The van der Waals surface area contributed by atoms with Crippen molar-refractivity contribution in [3.8, 4) is 0 Å². The van der Waals surface area contributed by atoms with Gasteiger partial charge in [-0.05, 0) is 23.3 Å². The summed E-state index contributed by atoms with van der Waals surface area (Å²) in [6.07, 6.45) is -2.27. The summed E-state index contributed by atoms with van der Waals surface area (Å²) < 4.78 is 9.62. The maximum atomic E-state index is 12.0. The summed E-state index contributed by atoms with van der Waals surface area (Å²) in [6, 6.07) is 12.4. The number of nitrogens with one attached hydrogen (secondary N) is 1. The van der Waals surface area contributed by atoms with Crippen molar-refractivity contribution >= 4 is 17.7 Å². The van der Waals surface area contributed by atoms with E-state index in [9.17, 15) is 24.8 Å². The van der Waals surface area contributed by atoms with Crippen molar-refractivity contribution in [2.75, 3.05) is 7.11 Å². The molecule has 1 unspecified atom stereocenters. The number of nitro groups is 1. The molecule has 9 heteroatoms. The zero-order chi connectivity index (χ0) is 19.8. The fourth-order valence-corrected chi connectivity index (χ4v) is 2.27. The number of rotatable bonds is 7. The molecule has 0 heterocycles. The lowest BCUT2D eigenvalue weighted by Crippen LogP contribution is -2.45. The number of carbonyl (C=O) groups is 2. The predicted octanol–water partition coefficient (Wildman–Crippen LogP) is 2.10. The number of hydrogen-bond acceptors (Lipinski definition) is 7. The third kappa shape index (κ3) is 5.51. The molecule has 0 aliphatic rings. The van der Waals surface area contributed by atoms with Crippen molar-refractivity contribution in [3.05, 3.63) is 75.8 Å². The van der Waals surface area contributed by atoms with E-state index < -0.39 is 29.1 Å². The Morgan fingerprint density at radius 1 is 1.15 bits per heavy atom. The normalized spacial score (nSPS) is 12.5. The van der Waals surface area contributed by atoms with E-state index in [1.165, 1.54) is 24.3 Å². The van der Waals surface area contributed by atoms with Gasteiger partial charge in [-0.25, -0.2) is 9.59 Å². The summed E-state index contributed by atoms with van der Waals surface area (Å²) in [5.41, 5.74) is 0.859. The summed E-state index contributed by atoms with van der Waals surface area (Å²) in [5.74, 6) is -0.835. The van der Waals surface area contributed by atoms with Gasteiger partial charge in [-0.15, -0.1) is 0 Å². The first-order chi connectivity index (χ1) is 12.9. The van der Waals surface area contributed by atoms with E-state index >= 15 is 0 Å². The van der Waals surface area contributed by atoms with Crippen LogP contribution in [0.3, 0.4) is 0 Å². The Kier molecular flexibility index (Phi) is 6.84. The zero-order valence-corrected chi connectivity index (χ0v) is 14.4. The van der Waals surface area contributed by atoms with Crippen LogP contribution in [0.1, 0.15) is 17.2 Å². The molecule has 142 valence electrons. The lowest BCUT2D eigenvalue weighted by atomic mass is 10.0. The summed E-state index contributed by atoms with van der Waals surface area (Å²) in [4.78, 5) is 34.0. The van der Waals surface area contributed by atoms with Gasteiger partial charge in [-0.1, -0.05) is 30.3 Å². The fraction of sp³-hybridized carbons (Fsp3) is 0.222. The third-order valence-corrected chi connectivity index (χ3v) is 3.70. The van der Waals surface area contributed by atoms with Gasteiger partial charge in [-0.2, -0.15) is 0 Å². The SMILES string of the molecule is COC(=O)[C@@H](NC(=O)OCc1ccc([N+](=O)[O-])cc1)C(O)c1ccccc1. The topological polar surface area (TPSA) is 128 Å². The van der Waals surface area contributed by atoms with E-state index in [0.29, 0.717) is 11.1 Å². The maximum Gasteiger partial charge on any atom is 0.408 e. The van der Waals surface area contributed by atoms with Crippen molar-refractivity contribution in [1.82, 2.24) is 5.32 Å². The van der Waals surface area contributed by atoms with Gasteiger partial charge >= 0.3 is 12.1 Å². The number of amides is 1. The lowest BCUT2D eigenvalue weighted by molar-refractivity contribution is -0.384. The Balaban J connectivity index is 1.99. The van der Waals surface area contributed by atoms with Crippen LogP contribution in [0.2, 0.25) is 0 Å². The highest BCUT2D eigenvalue weighted by Crippen LogP contribution is 2.18. The van der Waals surface area contributed by atoms with E-state index in [2.05, 4.69) is 10.1 Å². The number of nitro benzene ring substituents is 1. The van der Waals surface area contributed by atoms with E-state index in [0.717, 1.165) is 7.11 Å². The molecule has 0 radical (unpaired) electrons. The Labute approximate surface area is 154 Å². The first kappa shape index (κ1) is 19.9. The van der Waals surface area contributed by atoms with Crippen LogP contribution in [0.25, 0.3) is 0 Å². The second-order valence-corrected chi connectivity index (χ2v) is 5.50. The van der Waals surface area contributed by atoms with Crippen LogP contribution in [-0.4, -0.2) is 35.2 Å². The number of nitrogens with zero attached hydrogens (tertiary/aromatic N) is 1. The van der Waals surface area contributed by atoms with E-state index in [-0.39, 0.29) is 12.3 Å². The minimum absolute atomic E-state index is 0.0834. The van der Waals surface area contributed by atoms with Crippen LogP contribution < -0.4 is 5.32 Å². The van der Waals surface area contributed by atoms with Crippen molar-refractivity contribution in [1.29, 1.82) is 0 Å². The molecule has 0 fully saturated rings. The zero-order valence-electron chi connectivity index (χ0n) is 14.4. The van der Waals surface area contributed by atoms with Crippen LogP contribution in [0.5, 0.6) is 0 Å². The summed E-state index contributed by atoms with van der Waals surface area (Å²) in [5, 5.41) is 23.3. The Bertz CT molecular complexity index is 793. The minimum Gasteiger partial charge on any atom is -0.467 e. The van der Waals surface area contributed by atoms with Crippen molar-refractivity contribution < 1.29 is 29.1 Å². The number of aliphatic hydroxyl groups excluding tert-OH is 1. The maximum absolute atomic E-state index is 12.0. The molecule has 0 aliphatic heterocycles. The third-order valence-electron chi connectivity index (χ3n) is 3.70. The van der Waals surface area contributed by atoms with Gasteiger partial charge in [0.05, 0.1) is 12.0 Å². The van der Waals surface area contributed by atoms with Crippen LogP contribution >= 0.6 is 0 Å². The molecular formula is C18H18N2O7. The number of alkyl carbamates (subject to hydrolysis) is 1. The van der Waals surface area contributed by atoms with Crippen molar-refractivity contribution in [2.45, 2.75) is 18.8 Å². The molecule has 1 amide bonds. The Morgan fingerprint density at radius 3 is 2.33 bits per heavy atom. The molecule has 0 bridgehead atoms. The smallest absolute Gasteiger partial charge is 0.408 e. The lowest BCUT2D eigenvalue weighted by Gasteiger charge is -2.22. The first-order valence-corrected chi connectivity index (χ1v) is 7.90. The summed E-state index contributed by atoms with van der Waals surface area (Å²) in [7, 11) is 1.14. The highest BCUT2D eigenvalue weighted by molar-refractivity contribution is 5.82. The van der Waals surface area contributed by atoms with Gasteiger partial charge in [0.25, 0.3) is 5.69 Å². The molecule has 9 nitrogen and oxygen atoms in total. The van der Waals surface area contributed by atoms with E-state index in [4.69, 9.17) is 4.74 Å². The average molecular weight is 374 g/mol. The monoisotopic (exact) mass is 374 g/mol. The molecule has 0 saturated carbocycles. The number of aliphatic hydroxyl groups is 1. The number of esters is 1. The summed E-state index contributed by atoms with van der Waals surface area (Å²) >= 11 is 0. The standard InChI is InChI=1S/C18H18N2O7/c1-26-17(22)15(16(21)13-5-3-2-4-6-13)19-18(23)27-11-12-7-9-14(10-8-12)20(24)25/h2-10,15-16,21H,11H2,1H3,(H,19,23)/t15-,16?/m0/s1. The molecule has 2 rings (SSSR count). The second kappa shape index (κ2) is 9.30. The molecule has 0 aromatic heterocycles. The second-order valence-electron chi connectivity index (χ2n) is 5.50. The van der Waals surface area contributed by atoms with Gasteiger partial charge in [0.1, 0.15) is 12.7 Å². The number of methoxy groups -OCH3 is 1. The summed E-state index contributed by atoms with van der Waals surface area (Å²) in [6.45, 7) is -0.168. The van der Waals surface area contributed by atoms with Crippen molar-refractivity contribution in [2.24, 2.45) is 0 Å². The number of non-ortho nitro benzene ring substituents is 1. The van der Waals surface area contributed by atoms with Crippen LogP contribution in [0, 0.1) is 10.1 Å². The molecule has 2 aromatic rings. The van der Waals surface area contributed by atoms with Gasteiger partial charge in [-0.3, -0.25) is 10.1 Å². The number of hydrogen-bond donors (Lipinski definition) is 2. The van der Waals surface area contributed by atoms with Crippen molar-refractivity contribution in [3.63, 3.8) is 0 Å². The van der Waals surface area contributed by atoms with Crippen LogP contribution in [0.4, 0.5) is 10.5 Å². The molecular weight excluding hydrogens is 356 g/mol. The van der Waals surface area contributed by atoms with Gasteiger partial charge in [0, 0.05) is 12.1 Å². The average Bonchev–Trinajstić information content (AvgIpc) is 2.70. The van der Waals surface area contributed by atoms with Gasteiger partial charge < -0.3 is 19.9 Å². The first-order valence-electron chi connectivity index (χ1n) is 7.90. The largest absolute Gasteiger partial charge is 0.467 e. The quantitative estimate of drug-likeness (QED) is 0.431. The van der Waals surface area contributed by atoms with Crippen LogP contribution in [-0.2, 0) is 20.9 Å². The van der Waals surface area contributed by atoms with Gasteiger partial charge in [0.15, 0.2) is 6.04 Å². The van der Waals surface area contributed by atoms with Gasteiger partial charge in [0.2, 0.25) is 0 Å². The molecule has 0 aliphatic carbocycles. The minimum atomic E-state index is -1.36. The number of carbonyl (C=O) groups excluding carboxylic acids is 2. The molecule has 2 aromatic carbocycles. The highest BCUT2D eigenvalue weighted by Gasteiger charge is 2.31. The molecule has 27 heavy (non-hydrogen) atoms. The number of ether oxygens (including phenoxy) is 2. The molecule has 2 N–H and O–H groups in total. The fourth-order valence-electron chi connectivity index (χ4n) is 2.27. The highest BCUT2D eigenvalue weighted by atomic mass is 16.6. The Morgan fingerprint density at radius 2 is 1.78 bits per heavy atom. The number of benzene rings is 2. The molecule has 2 atom stereocenters.